The normalized spacial score (nSPS) is 12.5. The van der Waals surface area contributed by atoms with Crippen molar-refractivity contribution < 1.29 is 13.9 Å². The fourth-order valence-corrected chi connectivity index (χ4v) is 1.57. The van der Waals surface area contributed by atoms with E-state index in [9.17, 15) is 13.9 Å². The zero-order valence-corrected chi connectivity index (χ0v) is 9.19. The van der Waals surface area contributed by atoms with E-state index in [1.165, 1.54) is 18.3 Å². The lowest BCUT2D eigenvalue weighted by atomic mass is 10.0. The Bertz CT molecular complexity index is 543. The van der Waals surface area contributed by atoms with E-state index in [1.54, 1.807) is 19.1 Å². The highest BCUT2D eigenvalue weighted by molar-refractivity contribution is 5.32. The number of rotatable bonds is 2. The van der Waals surface area contributed by atoms with Crippen LogP contribution in [0.4, 0.5) is 8.78 Å². The predicted molar refractivity (Wildman–Crippen MR) is 59.4 cm³/mol. The minimum atomic E-state index is -1.19. The molecule has 0 saturated heterocycles. The predicted octanol–water partition coefficient (Wildman–Crippen LogP) is 2.75. The molecule has 1 unspecified atom stereocenters. The summed E-state index contributed by atoms with van der Waals surface area (Å²) in [6, 6.07) is 5.70. The van der Waals surface area contributed by atoms with Crippen LogP contribution in [0.5, 0.6) is 0 Å². The average Bonchev–Trinajstić information content (AvgIpc) is 2.32. The molecule has 0 fully saturated rings. The number of aliphatic hydroxyl groups excluding tert-OH is 1. The molecule has 0 aliphatic rings. The fraction of sp³-hybridized carbons (Fsp3) is 0.154. The van der Waals surface area contributed by atoms with Gasteiger partial charge >= 0.3 is 0 Å². The molecule has 17 heavy (non-hydrogen) atoms. The molecule has 2 nitrogen and oxygen atoms in total. The molecule has 0 bridgehead atoms. The molecule has 1 heterocycles. The van der Waals surface area contributed by atoms with Crippen molar-refractivity contribution in [2.75, 3.05) is 0 Å². The van der Waals surface area contributed by atoms with Crippen LogP contribution >= 0.6 is 0 Å². The molecule has 0 aliphatic heterocycles. The Morgan fingerprint density at radius 2 is 1.94 bits per heavy atom. The van der Waals surface area contributed by atoms with Crippen LogP contribution < -0.4 is 0 Å². The van der Waals surface area contributed by atoms with Crippen molar-refractivity contribution in [3.05, 3.63) is 65.0 Å². The zero-order valence-electron chi connectivity index (χ0n) is 9.19. The van der Waals surface area contributed by atoms with Crippen molar-refractivity contribution in [1.82, 2.24) is 4.98 Å². The summed E-state index contributed by atoms with van der Waals surface area (Å²) in [6.45, 7) is 1.62. The second-order valence-electron chi connectivity index (χ2n) is 3.81. The maximum atomic E-state index is 13.4. The summed E-state index contributed by atoms with van der Waals surface area (Å²) >= 11 is 0. The number of benzene rings is 1. The van der Waals surface area contributed by atoms with Gasteiger partial charge in [-0.1, -0.05) is 12.1 Å². The quantitative estimate of drug-likeness (QED) is 0.868. The van der Waals surface area contributed by atoms with Crippen molar-refractivity contribution in [2.24, 2.45) is 0 Å². The van der Waals surface area contributed by atoms with E-state index in [1.807, 2.05) is 0 Å². The van der Waals surface area contributed by atoms with Gasteiger partial charge in [0.05, 0.1) is 6.20 Å². The van der Waals surface area contributed by atoms with Gasteiger partial charge in [0.25, 0.3) is 0 Å². The topological polar surface area (TPSA) is 33.1 Å². The second kappa shape index (κ2) is 4.59. The van der Waals surface area contributed by atoms with Gasteiger partial charge in [-0.05, 0) is 30.2 Å². The largest absolute Gasteiger partial charge is 0.384 e. The molecule has 0 aliphatic carbocycles. The molecule has 0 spiro atoms. The van der Waals surface area contributed by atoms with Crippen LogP contribution in [-0.4, -0.2) is 10.1 Å². The Hall–Kier alpha value is -1.81. The van der Waals surface area contributed by atoms with Crippen LogP contribution in [0.3, 0.4) is 0 Å². The maximum absolute atomic E-state index is 13.4. The van der Waals surface area contributed by atoms with Gasteiger partial charge in [0.15, 0.2) is 0 Å². The summed E-state index contributed by atoms with van der Waals surface area (Å²) in [5.41, 5.74) is 0.887. The number of aliphatic hydroxyl groups is 1. The molecular formula is C13H11F2NO. The van der Waals surface area contributed by atoms with E-state index in [-0.39, 0.29) is 5.56 Å². The van der Waals surface area contributed by atoms with E-state index in [2.05, 4.69) is 4.98 Å². The average molecular weight is 235 g/mol. The molecule has 4 heteroatoms. The van der Waals surface area contributed by atoms with Gasteiger partial charge in [-0.15, -0.1) is 0 Å². The maximum Gasteiger partial charge on any atom is 0.147 e. The highest BCUT2D eigenvalue weighted by atomic mass is 19.1. The Balaban J connectivity index is 2.40. The number of hydrogen-bond donors (Lipinski definition) is 1. The number of halogens is 2. The lowest BCUT2D eigenvalue weighted by Gasteiger charge is -2.12. The minimum absolute atomic E-state index is 0.0863. The standard InChI is InChI=1S/C13H11F2NO/c1-8-2-3-9(6-11(8)14)13(17)10-4-5-16-7-12(10)15/h2-7,13,17H,1H3. The zero-order chi connectivity index (χ0) is 12.4. The minimum Gasteiger partial charge on any atom is -0.384 e. The third kappa shape index (κ3) is 2.31. The smallest absolute Gasteiger partial charge is 0.147 e. The lowest BCUT2D eigenvalue weighted by molar-refractivity contribution is 0.214. The van der Waals surface area contributed by atoms with Crippen LogP contribution in [0.15, 0.2) is 36.7 Å². The Morgan fingerprint density at radius 3 is 2.59 bits per heavy atom. The van der Waals surface area contributed by atoms with Crippen LogP contribution in [0.25, 0.3) is 0 Å². The van der Waals surface area contributed by atoms with E-state index < -0.39 is 17.7 Å². The molecular weight excluding hydrogens is 224 g/mol. The first-order valence-electron chi connectivity index (χ1n) is 5.13. The van der Waals surface area contributed by atoms with Gasteiger partial charge < -0.3 is 5.11 Å². The molecule has 1 atom stereocenters. The Morgan fingerprint density at radius 1 is 1.18 bits per heavy atom. The number of hydrogen-bond acceptors (Lipinski definition) is 2. The van der Waals surface area contributed by atoms with Crippen molar-refractivity contribution in [3.8, 4) is 0 Å². The summed E-state index contributed by atoms with van der Waals surface area (Å²) < 4.78 is 26.7. The van der Waals surface area contributed by atoms with Crippen molar-refractivity contribution in [3.63, 3.8) is 0 Å². The van der Waals surface area contributed by atoms with E-state index in [0.29, 0.717) is 11.1 Å². The van der Waals surface area contributed by atoms with Gasteiger partial charge in [0.1, 0.15) is 17.7 Å². The molecule has 1 N–H and O–H groups in total. The third-order valence-corrected chi connectivity index (χ3v) is 2.61. The molecule has 2 rings (SSSR count). The summed E-state index contributed by atoms with van der Waals surface area (Å²) in [6.07, 6.45) is 1.21. The van der Waals surface area contributed by atoms with Crippen LogP contribution in [-0.2, 0) is 0 Å². The summed E-state index contributed by atoms with van der Waals surface area (Å²) in [4.78, 5) is 3.59. The van der Waals surface area contributed by atoms with E-state index in [4.69, 9.17) is 0 Å². The highest BCUT2D eigenvalue weighted by Gasteiger charge is 2.15. The van der Waals surface area contributed by atoms with E-state index >= 15 is 0 Å². The SMILES string of the molecule is Cc1ccc(C(O)c2ccncc2F)cc1F. The number of pyridine rings is 1. The van der Waals surface area contributed by atoms with E-state index in [0.717, 1.165) is 6.20 Å². The Kier molecular flexibility index (Phi) is 3.15. The third-order valence-electron chi connectivity index (χ3n) is 2.61. The number of aryl methyl sites for hydroxylation is 1. The monoisotopic (exact) mass is 235 g/mol. The number of aromatic nitrogens is 1. The van der Waals surface area contributed by atoms with Gasteiger partial charge in [-0.2, -0.15) is 0 Å². The second-order valence-corrected chi connectivity index (χ2v) is 3.81. The van der Waals surface area contributed by atoms with Gasteiger partial charge in [-0.3, -0.25) is 4.98 Å². The summed E-state index contributed by atoms with van der Waals surface area (Å²) in [7, 11) is 0. The molecule has 0 radical (unpaired) electrons. The molecule has 2 aromatic rings. The Labute approximate surface area is 97.6 Å². The molecule has 88 valence electrons. The molecule has 0 amide bonds. The first-order valence-corrected chi connectivity index (χ1v) is 5.13. The number of nitrogens with zero attached hydrogens (tertiary/aromatic N) is 1. The summed E-state index contributed by atoms with van der Waals surface area (Å²) in [5, 5.41) is 9.95. The van der Waals surface area contributed by atoms with Crippen LogP contribution in [0.1, 0.15) is 22.8 Å². The summed E-state index contributed by atoms with van der Waals surface area (Å²) in [5.74, 6) is -1.03. The van der Waals surface area contributed by atoms with Crippen molar-refractivity contribution in [2.45, 2.75) is 13.0 Å². The van der Waals surface area contributed by atoms with Crippen molar-refractivity contribution in [1.29, 1.82) is 0 Å². The first kappa shape index (κ1) is 11.7. The molecule has 1 aromatic heterocycles. The van der Waals surface area contributed by atoms with Gasteiger partial charge in [0.2, 0.25) is 0 Å². The molecule has 0 saturated carbocycles. The lowest BCUT2D eigenvalue weighted by Crippen LogP contribution is -2.03. The van der Waals surface area contributed by atoms with Crippen LogP contribution in [0.2, 0.25) is 0 Å². The fourth-order valence-electron chi connectivity index (χ4n) is 1.57. The van der Waals surface area contributed by atoms with Gasteiger partial charge in [0, 0.05) is 11.8 Å². The molecule has 1 aromatic carbocycles. The van der Waals surface area contributed by atoms with Crippen molar-refractivity contribution >= 4 is 0 Å². The van der Waals surface area contributed by atoms with Crippen LogP contribution in [0, 0.1) is 18.6 Å². The highest BCUT2D eigenvalue weighted by Crippen LogP contribution is 2.24. The van der Waals surface area contributed by atoms with Gasteiger partial charge in [-0.25, -0.2) is 8.78 Å². The first-order chi connectivity index (χ1) is 8.09.